The molecule has 1 fully saturated rings. The lowest BCUT2D eigenvalue weighted by Crippen LogP contribution is -2.42. The van der Waals surface area contributed by atoms with Gasteiger partial charge >= 0.3 is 0 Å². The van der Waals surface area contributed by atoms with E-state index in [9.17, 15) is 15.2 Å². The molecular weight excluding hydrogens is 398 g/mol. The van der Waals surface area contributed by atoms with E-state index in [1.807, 2.05) is 26.1 Å². The van der Waals surface area contributed by atoms with Crippen LogP contribution < -0.4 is 10.1 Å². The zero-order valence-corrected chi connectivity index (χ0v) is 18.7. The van der Waals surface area contributed by atoms with Gasteiger partial charge in [0.15, 0.2) is 0 Å². The number of hydrogen-bond donors (Lipinski definition) is 2. The molecule has 1 aliphatic carbocycles. The molecule has 3 atom stereocenters. The highest BCUT2D eigenvalue weighted by atomic mass is 32.1. The first-order chi connectivity index (χ1) is 14.2. The minimum absolute atomic E-state index is 0.138. The van der Waals surface area contributed by atoms with Crippen molar-refractivity contribution >= 4 is 17.2 Å². The van der Waals surface area contributed by atoms with Crippen molar-refractivity contribution < 1.29 is 9.90 Å². The lowest BCUT2D eigenvalue weighted by molar-refractivity contribution is 0.0919. The molecule has 30 heavy (non-hydrogen) atoms. The molecule has 2 aromatic rings. The van der Waals surface area contributed by atoms with E-state index in [1.165, 1.54) is 11.3 Å². The number of benzene rings is 1. The summed E-state index contributed by atoms with van der Waals surface area (Å²) in [7, 11) is 1.87. The molecule has 3 rings (SSSR count). The second kappa shape index (κ2) is 9.11. The van der Waals surface area contributed by atoms with Gasteiger partial charge in [0.1, 0.15) is 5.01 Å². The average Bonchev–Trinajstić information content (AvgIpc) is 3.08. The van der Waals surface area contributed by atoms with Gasteiger partial charge in [0.25, 0.3) is 5.91 Å². The Hall–Kier alpha value is -2.50. The summed E-state index contributed by atoms with van der Waals surface area (Å²) in [6.45, 7) is 5.45. The van der Waals surface area contributed by atoms with Crippen molar-refractivity contribution in [3.8, 4) is 16.6 Å². The summed E-state index contributed by atoms with van der Waals surface area (Å²) in [5.41, 5.74) is 0.823. The second-order valence-corrected chi connectivity index (χ2v) is 9.48. The van der Waals surface area contributed by atoms with E-state index in [0.717, 1.165) is 34.6 Å². The number of rotatable bonds is 5. The van der Waals surface area contributed by atoms with E-state index in [2.05, 4.69) is 16.5 Å². The standard InChI is InChI=1S/C22H29N5O2S/c1-14(22(2,3)13-23)24-19(29)15-8-10-16(11-9-15)20-26-27(4)21(30-20)25-17-6-5-7-18(28)12-17/h8-11,14,17-18,28H,5-7,12H2,1-4H3,(H,24,29)/t14?,17-,18-/m1/s1. The smallest absolute Gasteiger partial charge is 0.251 e. The van der Waals surface area contributed by atoms with E-state index >= 15 is 0 Å². The molecule has 1 amide bonds. The Morgan fingerprint density at radius 2 is 2.10 bits per heavy atom. The number of amides is 1. The van der Waals surface area contributed by atoms with Crippen molar-refractivity contribution in [3.63, 3.8) is 0 Å². The summed E-state index contributed by atoms with van der Waals surface area (Å²) in [5.74, 6) is -0.200. The van der Waals surface area contributed by atoms with Gasteiger partial charge in [-0.25, -0.2) is 4.68 Å². The molecule has 2 N–H and O–H groups in total. The van der Waals surface area contributed by atoms with Crippen LogP contribution in [0.2, 0.25) is 0 Å². The molecule has 0 bridgehead atoms. The summed E-state index contributed by atoms with van der Waals surface area (Å²) in [6, 6.07) is 9.39. The van der Waals surface area contributed by atoms with Gasteiger partial charge in [-0.2, -0.15) is 10.4 Å². The molecule has 0 aliphatic heterocycles. The Balaban J connectivity index is 1.74. The maximum Gasteiger partial charge on any atom is 0.251 e. The summed E-state index contributed by atoms with van der Waals surface area (Å²) < 4.78 is 1.77. The lowest BCUT2D eigenvalue weighted by atomic mass is 9.87. The van der Waals surface area contributed by atoms with Crippen LogP contribution in [0.4, 0.5) is 0 Å². The predicted molar refractivity (Wildman–Crippen MR) is 117 cm³/mol. The molecule has 1 aromatic heterocycles. The number of aryl methyl sites for hydroxylation is 1. The SMILES string of the molecule is CC(NC(=O)c1ccc(-c2nn(C)c(=N[C@@H]3CCC[C@@H](O)C3)s2)cc1)C(C)(C)C#N. The molecule has 160 valence electrons. The Bertz CT molecular complexity index is 1000. The van der Waals surface area contributed by atoms with Crippen LogP contribution in [0.15, 0.2) is 29.3 Å². The fraction of sp³-hybridized carbons (Fsp3) is 0.545. The van der Waals surface area contributed by atoms with Crippen LogP contribution in [0.1, 0.15) is 56.8 Å². The minimum atomic E-state index is -0.639. The Morgan fingerprint density at radius 1 is 1.40 bits per heavy atom. The molecule has 1 unspecified atom stereocenters. The molecule has 1 aromatic carbocycles. The molecule has 8 heteroatoms. The topological polar surface area (TPSA) is 103 Å². The van der Waals surface area contributed by atoms with Crippen LogP contribution in [0, 0.1) is 16.7 Å². The fourth-order valence-electron chi connectivity index (χ4n) is 3.31. The highest BCUT2D eigenvalue weighted by Gasteiger charge is 2.27. The third kappa shape index (κ3) is 5.15. The summed E-state index contributed by atoms with van der Waals surface area (Å²) in [6.07, 6.45) is 3.30. The van der Waals surface area contributed by atoms with Gasteiger partial charge in [0, 0.05) is 24.2 Å². The number of aromatic nitrogens is 2. The predicted octanol–water partition coefficient (Wildman–Crippen LogP) is 3.02. The zero-order chi connectivity index (χ0) is 21.9. The number of aliphatic hydroxyl groups is 1. The maximum atomic E-state index is 12.5. The molecule has 0 spiro atoms. The van der Waals surface area contributed by atoms with Crippen molar-refractivity contribution in [2.24, 2.45) is 17.5 Å². The van der Waals surface area contributed by atoms with E-state index in [-0.39, 0.29) is 24.1 Å². The number of nitriles is 1. The molecule has 1 saturated carbocycles. The molecule has 7 nitrogen and oxygen atoms in total. The molecular formula is C22H29N5O2S. The van der Waals surface area contributed by atoms with Gasteiger partial charge in [-0.15, -0.1) is 0 Å². The van der Waals surface area contributed by atoms with Gasteiger partial charge in [-0.3, -0.25) is 9.79 Å². The summed E-state index contributed by atoms with van der Waals surface area (Å²) in [4.78, 5) is 18.1. The summed E-state index contributed by atoms with van der Waals surface area (Å²) in [5, 5.41) is 27.4. The Kier molecular flexibility index (Phi) is 6.74. The van der Waals surface area contributed by atoms with Crippen LogP contribution in [-0.2, 0) is 7.05 Å². The third-order valence-corrected chi connectivity index (χ3v) is 6.79. The minimum Gasteiger partial charge on any atom is -0.393 e. The van der Waals surface area contributed by atoms with Gasteiger partial charge in [-0.1, -0.05) is 23.5 Å². The van der Waals surface area contributed by atoms with E-state index < -0.39 is 5.41 Å². The summed E-state index contributed by atoms with van der Waals surface area (Å²) >= 11 is 1.51. The van der Waals surface area contributed by atoms with E-state index in [4.69, 9.17) is 4.99 Å². The molecule has 0 saturated heterocycles. The van der Waals surface area contributed by atoms with Crippen molar-refractivity contribution in [1.29, 1.82) is 5.26 Å². The number of hydrogen-bond acceptors (Lipinski definition) is 6. The largest absolute Gasteiger partial charge is 0.393 e. The average molecular weight is 428 g/mol. The van der Waals surface area contributed by atoms with Crippen LogP contribution >= 0.6 is 11.3 Å². The zero-order valence-electron chi connectivity index (χ0n) is 17.9. The fourth-order valence-corrected chi connectivity index (χ4v) is 4.28. The van der Waals surface area contributed by atoms with Crippen LogP contribution in [0.3, 0.4) is 0 Å². The highest BCUT2D eigenvalue weighted by molar-refractivity contribution is 7.12. The van der Waals surface area contributed by atoms with Gasteiger partial charge < -0.3 is 10.4 Å². The van der Waals surface area contributed by atoms with Crippen molar-refractivity contribution in [1.82, 2.24) is 15.1 Å². The monoisotopic (exact) mass is 427 g/mol. The first-order valence-corrected chi connectivity index (χ1v) is 11.1. The quantitative estimate of drug-likeness (QED) is 0.765. The number of nitrogens with zero attached hydrogens (tertiary/aromatic N) is 4. The van der Waals surface area contributed by atoms with Crippen molar-refractivity contribution in [2.75, 3.05) is 0 Å². The Labute approximate surface area is 181 Å². The Morgan fingerprint density at radius 3 is 2.73 bits per heavy atom. The number of carbonyl (C=O) groups is 1. The van der Waals surface area contributed by atoms with Crippen LogP contribution in [0.25, 0.3) is 10.6 Å². The normalized spacial score (nSPS) is 21.1. The van der Waals surface area contributed by atoms with Crippen LogP contribution in [-0.4, -0.2) is 39.0 Å². The highest BCUT2D eigenvalue weighted by Crippen LogP contribution is 2.23. The first-order valence-electron chi connectivity index (χ1n) is 10.3. The van der Waals surface area contributed by atoms with Crippen molar-refractivity contribution in [3.05, 3.63) is 34.6 Å². The van der Waals surface area contributed by atoms with Crippen LogP contribution in [0.5, 0.6) is 0 Å². The van der Waals surface area contributed by atoms with E-state index in [1.54, 1.807) is 30.7 Å². The number of carbonyl (C=O) groups excluding carboxylic acids is 1. The molecule has 0 radical (unpaired) electrons. The molecule has 1 heterocycles. The van der Waals surface area contributed by atoms with Gasteiger partial charge in [0.05, 0.1) is 23.6 Å². The molecule has 1 aliphatic rings. The van der Waals surface area contributed by atoms with Crippen molar-refractivity contribution in [2.45, 2.75) is 64.6 Å². The van der Waals surface area contributed by atoms with Gasteiger partial charge in [0.2, 0.25) is 4.80 Å². The third-order valence-electron chi connectivity index (χ3n) is 5.73. The second-order valence-electron chi connectivity index (χ2n) is 8.52. The van der Waals surface area contributed by atoms with Gasteiger partial charge in [-0.05, 0) is 58.6 Å². The first kappa shape index (κ1) is 22.2. The number of nitrogens with one attached hydrogen (secondary N) is 1. The number of aliphatic hydroxyl groups excluding tert-OH is 1. The van der Waals surface area contributed by atoms with E-state index in [0.29, 0.717) is 12.0 Å². The lowest BCUT2D eigenvalue weighted by Gasteiger charge is -2.25. The maximum absolute atomic E-state index is 12.5.